The molecule has 5 heteroatoms. The molecule has 0 saturated heterocycles. The number of rotatable bonds is 7. The Balaban J connectivity index is 1.83. The topological polar surface area (TPSA) is 54.1 Å². The Bertz CT molecular complexity index is 539. The highest BCUT2D eigenvalue weighted by Crippen LogP contribution is 2.33. The molecule has 2 heterocycles. The van der Waals surface area contributed by atoms with Crippen LogP contribution in [-0.2, 0) is 11.3 Å². The van der Waals surface area contributed by atoms with E-state index in [0.29, 0.717) is 12.6 Å². The lowest BCUT2D eigenvalue weighted by atomic mass is 10.2. The van der Waals surface area contributed by atoms with Gasteiger partial charge in [-0.25, -0.2) is 0 Å². The van der Waals surface area contributed by atoms with Crippen LogP contribution in [0, 0.1) is 0 Å². The van der Waals surface area contributed by atoms with E-state index >= 15 is 0 Å². The van der Waals surface area contributed by atoms with Gasteiger partial charge in [0, 0.05) is 54.2 Å². The number of thioether (sulfide) groups is 1. The van der Waals surface area contributed by atoms with Crippen LogP contribution < -0.4 is 10.7 Å². The Morgan fingerprint density at radius 3 is 3.05 bits per heavy atom. The normalized spacial score (nSPS) is 18.7. The van der Waals surface area contributed by atoms with Crippen molar-refractivity contribution in [2.24, 2.45) is 0 Å². The number of allylic oxidation sites excluding steroid dienone is 1. The van der Waals surface area contributed by atoms with Gasteiger partial charge in [0.1, 0.15) is 11.9 Å². The number of nitrogens with one attached hydrogen (secondary N) is 2. The summed E-state index contributed by atoms with van der Waals surface area (Å²) in [5, 5.41) is 3.32. The fourth-order valence-electron chi connectivity index (χ4n) is 2.29. The van der Waals surface area contributed by atoms with Crippen molar-refractivity contribution >= 4 is 11.8 Å². The molecule has 116 valence electrons. The van der Waals surface area contributed by atoms with Crippen molar-refractivity contribution in [3.63, 3.8) is 0 Å². The van der Waals surface area contributed by atoms with Crippen LogP contribution in [-0.4, -0.2) is 23.4 Å². The van der Waals surface area contributed by atoms with Crippen LogP contribution >= 0.6 is 11.8 Å². The number of H-pyrrole nitrogens is 1. The third-order valence-electron chi connectivity index (χ3n) is 3.59. The molecule has 0 bridgehead atoms. The van der Waals surface area contributed by atoms with Crippen molar-refractivity contribution in [1.29, 1.82) is 0 Å². The molecular weight excluding hydrogens is 284 g/mol. The van der Waals surface area contributed by atoms with Crippen LogP contribution in [0.2, 0.25) is 0 Å². The first-order valence-electron chi connectivity index (χ1n) is 7.62. The molecular formula is C16H24N2O2S. The molecule has 0 radical (unpaired) electrons. The first-order chi connectivity index (χ1) is 10.2. The van der Waals surface area contributed by atoms with Gasteiger partial charge < -0.3 is 15.0 Å². The summed E-state index contributed by atoms with van der Waals surface area (Å²) in [4.78, 5) is 15.9. The zero-order valence-electron chi connectivity index (χ0n) is 12.8. The van der Waals surface area contributed by atoms with Crippen LogP contribution in [0.5, 0.6) is 0 Å². The predicted molar refractivity (Wildman–Crippen MR) is 88.3 cm³/mol. The molecule has 0 aliphatic carbocycles. The van der Waals surface area contributed by atoms with Crippen molar-refractivity contribution in [2.75, 3.05) is 12.3 Å². The molecule has 1 aromatic heterocycles. The molecule has 0 spiro atoms. The SMILES string of the molecule is CCC1=C(CCNCc2c[nH]ccc2=O)OC(CC)CS1. The van der Waals surface area contributed by atoms with E-state index in [2.05, 4.69) is 24.1 Å². The van der Waals surface area contributed by atoms with Gasteiger partial charge in [-0.05, 0) is 12.8 Å². The van der Waals surface area contributed by atoms with Gasteiger partial charge in [0.05, 0.1) is 0 Å². The highest BCUT2D eigenvalue weighted by molar-refractivity contribution is 8.03. The molecule has 4 nitrogen and oxygen atoms in total. The minimum atomic E-state index is 0.0743. The van der Waals surface area contributed by atoms with Crippen molar-refractivity contribution in [2.45, 2.75) is 45.8 Å². The van der Waals surface area contributed by atoms with E-state index in [1.807, 2.05) is 11.8 Å². The quantitative estimate of drug-likeness (QED) is 0.760. The van der Waals surface area contributed by atoms with Crippen molar-refractivity contribution < 1.29 is 4.74 Å². The standard InChI is InChI=1S/C16H24N2O2S/c1-3-13-11-21-16(4-2)15(20-13)6-8-18-10-12-9-17-7-5-14(12)19/h5,7,9,13,18H,3-4,6,8,10-11H2,1-2H3,(H,17,19). The van der Waals surface area contributed by atoms with Crippen LogP contribution in [0.3, 0.4) is 0 Å². The third-order valence-corrected chi connectivity index (χ3v) is 4.99. The van der Waals surface area contributed by atoms with Crippen molar-refractivity contribution in [1.82, 2.24) is 10.3 Å². The smallest absolute Gasteiger partial charge is 0.186 e. The van der Waals surface area contributed by atoms with Gasteiger partial charge in [0.15, 0.2) is 5.43 Å². The Morgan fingerprint density at radius 1 is 1.48 bits per heavy atom. The zero-order chi connectivity index (χ0) is 15.1. The van der Waals surface area contributed by atoms with E-state index in [1.54, 1.807) is 18.5 Å². The van der Waals surface area contributed by atoms with Gasteiger partial charge >= 0.3 is 0 Å². The second-order valence-electron chi connectivity index (χ2n) is 5.12. The summed E-state index contributed by atoms with van der Waals surface area (Å²) in [5.41, 5.74) is 0.845. The van der Waals surface area contributed by atoms with Crippen LogP contribution in [0.1, 0.15) is 38.7 Å². The first-order valence-corrected chi connectivity index (χ1v) is 8.61. The lowest BCUT2D eigenvalue weighted by Crippen LogP contribution is -2.24. The number of hydrogen-bond acceptors (Lipinski definition) is 4. The molecule has 1 unspecified atom stereocenters. The molecule has 2 N–H and O–H groups in total. The maximum absolute atomic E-state index is 11.6. The van der Waals surface area contributed by atoms with Crippen molar-refractivity contribution in [3.8, 4) is 0 Å². The number of aromatic amines is 1. The summed E-state index contributed by atoms with van der Waals surface area (Å²) >= 11 is 1.93. The van der Waals surface area contributed by atoms with E-state index in [1.165, 1.54) is 4.91 Å². The second kappa shape index (κ2) is 8.29. The first kappa shape index (κ1) is 16.2. The van der Waals surface area contributed by atoms with Gasteiger partial charge in [0.25, 0.3) is 0 Å². The fourth-order valence-corrected chi connectivity index (χ4v) is 3.49. The van der Waals surface area contributed by atoms with E-state index in [9.17, 15) is 4.79 Å². The monoisotopic (exact) mass is 308 g/mol. The number of pyridine rings is 1. The maximum Gasteiger partial charge on any atom is 0.186 e. The largest absolute Gasteiger partial charge is 0.493 e. The van der Waals surface area contributed by atoms with Gasteiger partial charge in [-0.2, -0.15) is 0 Å². The summed E-state index contributed by atoms with van der Waals surface area (Å²) in [5.74, 6) is 2.20. The molecule has 0 amide bonds. The highest BCUT2D eigenvalue weighted by atomic mass is 32.2. The third kappa shape index (κ3) is 4.64. The molecule has 0 fully saturated rings. The second-order valence-corrected chi connectivity index (χ2v) is 6.23. The van der Waals surface area contributed by atoms with Crippen molar-refractivity contribution in [3.05, 3.63) is 44.9 Å². The number of aromatic nitrogens is 1. The minimum absolute atomic E-state index is 0.0743. The Hall–Kier alpha value is -1.20. The highest BCUT2D eigenvalue weighted by Gasteiger charge is 2.20. The molecule has 1 atom stereocenters. The van der Waals surface area contributed by atoms with E-state index in [0.717, 1.165) is 42.9 Å². The van der Waals surface area contributed by atoms with Gasteiger partial charge in [-0.15, -0.1) is 11.8 Å². The lowest BCUT2D eigenvalue weighted by Gasteiger charge is -2.27. The fraction of sp³-hybridized carbons (Fsp3) is 0.562. The maximum atomic E-state index is 11.6. The molecule has 21 heavy (non-hydrogen) atoms. The molecule has 1 aliphatic heterocycles. The summed E-state index contributed by atoms with van der Waals surface area (Å²) in [6.07, 6.45) is 6.73. The van der Waals surface area contributed by atoms with Gasteiger partial charge in [-0.1, -0.05) is 13.8 Å². The summed E-state index contributed by atoms with van der Waals surface area (Å²) in [6.45, 7) is 5.76. The summed E-state index contributed by atoms with van der Waals surface area (Å²) < 4.78 is 6.07. The average molecular weight is 308 g/mol. The zero-order valence-corrected chi connectivity index (χ0v) is 13.6. The predicted octanol–water partition coefficient (Wildman–Crippen LogP) is 3.02. The molecule has 1 aliphatic rings. The Labute approximate surface area is 130 Å². The minimum Gasteiger partial charge on any atom is -0.493 e. The molecule has 1 aromatic rings. The number of ether oxygens (including phenoxy) is 1. The Kier molecular flexibility index (Phi) is 6.39. The average Bonchev–Trinajstić information content (AvgIpc) is 2.52. The molecule has 0 aromatic carbocycles. The van der Waals surface area contributed by atoms with Gasteiger partial charge in [-0.3, -0.25) is 4.79 Å². The van der Waals surface area contributed by atoms with E-state index in [4.69, 9.17) is 4.74 Å². The van der Waals surface area contributed by atoms with E-state index in [-0.39, 0.29) is 5.43 Å². The van der Waals surface area contributed by atoms with Crippen LogP contribution in [0.15, 0.2) is 33.9 Å². The summed E-state index contributed by atoms with van der Waals surface area (Å²) in [6, 6.07) is 1.56. The van der Waals surface area contributed by atoms with Crippen LogP contribution in [0.4, 0.5) is 0 Å². The van der Waals surface area contributed by atoms with Gasteiger partial charge in [0.2, 0.25) is 0 Å². The van der Waals surface area contributed by atoms with E-state index < -0.39 is 0 Å². The summed E-state index contributed by atoms with van der Waals surface area (Å²) in [7, 11) is 0. The lowest BCUT2D eigenvalue weighted by molar-refractivity contribution is 0.120. The Morgan fingerprint density at radius 2 is 2.33 bits per heavy atom. The molecule has 0 saturated carbocycles. The van der Waals surface area contributed by atoms with Crippen LogP contribution in [0.25, 0.3) is 0 Å². The molecule has 2 rings (SSSR count). The number of hydrogen-bond donors (Lipinski definition) is 2.